The number of methoxy groups -OCH3 is 1. The molecule has 0 aliphatic carbocycles. The van der Waals surface area contributed by atoms with Crippen molar-refractivity contribution in [3.63, 3.8) is 0 Å². The van der Waals surface area contributed by atoms with Crippen molar-refractivity contribution in [2.45, 2.75) is 26.3 Å². The molecule has 7 nitrogen and oxygen atoms in total. The van der Waals surface area contributed by atoms with Gasteiger partial charge in [-0.3, -0.25) is 9.59 Å². The van der Waals surface area contributed by atoms with Gasteiger partial charge in [-0.2, -0.15) is 0 Å². The van der Waals surface area contributed by atoms with Crippen molar-refractivity contribution in [3.8, 4) is 5.75 Å². The maximum Gasteiger partial charge on any atom is 0.290 e. The Kier molecular flexibility index (Phi) is 5.81. The van der Waals surface area contributed by atoms with E-state index in [4.69, 9.17) is 4.74 Å². The topological polar surface area (TPSA) is 100.0 Å². The summed E-state index contributed by atoms with van der Waals surface area (Å²) in [4.78, 5) is 32.1. The molecule has 3 rings (SSSR count). The second-order valence-corrected chi connectivity index (χ2v) is 7.78. The first-order valence-corrected chi connectivity index (χ1v) is 9.67. The summed E-state index contributed by atoms with van der Waals surface area (Å²) in [5.74, 6) is -1.56. The number of aliphatic hydroxyl groups excluding tert-OH is 1. The van der Waals surface area contributed by atoms with Crippen molar-refractivity contribution in [2.75, 3.05) is 20.3 Å². The van der Waals surface area contributed by atoms with Gasteiger partial charge in [0.1, 0.15) is 5.75 Å². The fourth-order valence-electron chi connectivity index (χ4n) is 3.40. The number of phenolic OH excluding ortho intramolecular Hbond substituents is 1. The summed E-state index contributed by atoms with van der Waals surface area (Å²) in [7, 11) is 1.57. The van der Waals surface area contributed by atoms with Gasteiger partial charge in [-0.25, -0.2) is 4.98 Å². The van der Waals surface area contributed by atoms with Gasteiger partial charge in [0.25, 0.3) is 5.91 Å². The average molecular weight is 402 g/mol. The van der Waals surface area contributed by atoms with E-state index in [0.29, 0.717) is 35.7 Å². The molecule has 0 bridgehead atoms. The Hall–Kier alpha value is -2.71. The van der Waals surface area contributed by atoms with Crippen LogP contribution < -0.4 is 0 Å². The number of carbonyl (C=O) groups excluding carboxylic acids is 2. The number of rotatable bonds is 7. The average Bonchev–Trinajstić information content (AvgIpc) is 3.12. The minimum absolute atomic E-state index is 0.0137. The third kappa shape index (κ3) is 3.65. The summed E-state index contributed by atoms with van der Waals surface area (Å²) in [6.07, 6.45) is 0.547. The Morgan fingerprint density at radius 3 is 2.68 bits per heavy atom. The van der Waals surface area contributed by atoms with E-state index >= 15 is 0 Å². The number of hydrogen-bond donors (Lipinski definition) is 2. The monoisotopic (exact) mass is 402 g/mol. The molecule has 1 unspecified atom stereocenters. The zero-order chi connectivity index (χ0) is 20.4. The van der Waals surface area contributed by atoms with Gasteiger partial charge in [0.05, 0.1) is 27.2 Å². The number of carbonyl (C=O) groups is 2. The van der Waals surface area contributed by atoms with Crippen molar-refractivity contribution in [2.24, 2.45) is 0 Å². The number of aliphatic hydroxyl groups is 1. The molecule has 0 saturated heterocycles. The van der Waals surface area contributed by atoms with Crippen LogP contribution in [0.3, 0.4) is 0 Å². The lowest BCUT2D eigenvalue weighted by Crippen LogP contribution is -2.32. The number of ketones is 1. The molecule has 2 heterocycles. The normalized spacial score (nSPS) is 16.9. The lowest BCUT2D eigenvalue weighted by molar-refractivity contribution is -0.129. The van der Waals surface area contributed by atoms with Crippen molar-refractivity contribution in [1.29, 1.82) is 0 Å². The molecule has 0 spiro atoms. The number of aromatic nitrogens is 1. The zero-order valence-electron chi connectivity index (χ0n) is 15.9. The Morgan fingerprint density at radius 1 is 1.32 bits per heavy atom. The minimum atomic E-state index is -0.786. The van der Waals surface area contributed by atoms with Gasteiger partial charge in [0, 0.05) is 20.3 Å². The van der Waals surface area contributed by atoms with E-state index in [0.717, 1.165) is 5.01 Å². The highest BCUT2D eigenvalue weighted by Gasteiger charge is 2.44. The molecule has 1 aromatic carbocycles. The number of hydrogen-bond acceptors (Lipinski definition) is 7. The second kappa shape index (κ2) is 8.12. The van der Waals surface area contributed by atoms with Crippen molar-refractivity contribution < 1.29 is 24.5 Å². The first-order chi connectivity index (χ1) is 13.3. The number of ether oxygens (including phenoxy) is 1. The molecule has 0 saturated carbocycles. The molecule has 1 aliphatic heterocycles. The number of aryl methyl sites for hydroxylation is 2. The van der Waals surface area contributed by atoms with Gasteiger partial charge < -0.3 is 19.8 Å². The highest BCUT2D eigenvalue weighted by molar-refractivity contribution is 7.14. The standard InChI is InChI=1S/C20H22N2O5S/c1-11-19(28-12(2)21-11)17(24)15-16(13-6-4-7-14(23)10-13)22(8-5-9-27-3)20(26)18(15)25/h4,6-7,10,16,23,25H,5,8-9H2,1-3H3. The Labute approximate surface area is 166 Å². The predicted molar refractivity (Wildman–Crippen MR) is 105 cm³/mol. The number of benzene rings is 1. The molecule has 0 fully saturated rings. The molecule has 2 aromatic rings. The predicted octanol–water partition coefficient (Wildman–Crippen LogP) is 3.08. The zero-order valence-corrected chi connectivity index (χ0v) is 16.7. The number of aromatic hydroxyl groups is 1. The molecule has 8 heteroatoms. The first-order valence-electron chi connectivity index (χ1n) is 8.85. The van der Waals surface area contributed by atoms with Crippen LogP contribution in [0.1, 0.15) is 38.4 Å². The molecular weight excluding hydrogens is 380 g/mol. The summed E-state index contributed by atoms with van der Waals surface area (Å²) in [5, 5.41) is 21.2. The van der Waals surface area contributed by atoms with Crippen LogP contribution >= 0.6 is 11.3 Å². The van der Waals surface area contributed by atoms with Crippen molar-refractivity contribution >= 4 is 23.0 Å². The van der Waals surface area contributed by atoms with Crippen molar-refractivity contribution in [3.05, 3.63) is 56.7 Å². The molecule has 1 atom stereocenters. The smallest absolute Gasteiger partial charge is 0.290 e. The number of Topliss-reactive ketones (excluding diaryl/α,β-unsaturated/α-hetero) is 1. The summed E-state index contributed by atoms with van der Waals surface area (Å²) < 4.78 is 5.06. The summed E-state index contributed by atoms with van der Waals surface area (Å²) in [6.45, 7) is 4.26. The molecule has 2 N–H and O–H groups in total. The number of nitrogens with zero attached hydrogens (tertiary/aromatic N) is 2. The van der Waals surface area contributed by atoms with E-state index < -0.39 is 23.5 Å². The maximum absolute atomic E-state index is 13.3. The van der Waals surface area contributed by atoms with Crippen LogP contribution in [-0.2, 0) is 9.53 Å². The van der Waals surface area contributed by atoms with Crippen LogP contribution in [-0.4, -0.2) is 52.0 Å². The van der Waals surface area contributed by atoms with E-state index in [1.54, 1.807) is 33.1 Å². The fraction of sp³-hybridized carbons (Fsp3) is 0.350. The third-order valence-electron chi connectivity index (χ3n) is 4.59. The van der Waals surface area contributed by atoms with Crippen LogP contribution in [0.25, 0.3) is 0 Å². The van der Waals surface area contributed by atoms with E-state index in [2.05, 4.69) is 4.98 Å². The van der Waals surface area contributed by atoms with Crippen LogP contribution in [0.4, 0.5) is 0 Å². The van der Waals surface area contributed by atoms with Gasteiger partial charge in [-0.15, -0.1) is 11.3 Å². The summed E-state index contributed by atoms with van der Waals surface area (Å²) >= 11 is 1.23. The van der Waals surface area contributed by atoms with E-state index in [1.807, 2.05) is 0 Å². The van der Waals surface area contributed by atoms with Gasteiger partial charge in [0.2, 0.25) is 5.78 Å². The second-order valence-electron chi connectivity index (χ2n) is 6.58. The molecule has 1 aliphatic rings. The van der Waals surface area contributed by atoms with Gasteiger partial charge >= 0.3 is 0 Å². The van der Waals surface area contributed by atoms with E-state index in [-0.39, 0.29) is 11.3 Å². The van der Waals surface area contributed by atoms with Gasteiger partial charge in [0.15, 0.2) is 5.76 Å². The molecule has 148 valence electrons. The maximum atomic E-state index is 13.3. The Balaban J connectivity index is 2.07. The first kappa shape index (κ1) is 20.0. The van der Waals surface area contributed by atoms with Crippen LogP contribution in [0.2, 0.25) is 0 Å². The SMILES string of the molecule is COCCCN1C(=O)C(O)=C(C(=O)c2sc(C)nc2C)C1c1cccc(O)c1. The fourth-order valence-corrected chi connectivity index (χ4v) is 4.28. The lowest BCUT2D eigenvalue weighted by Gasteiger charge is -2.26. The molecule has 1 aromatic heterocycles. The lowest BCUT2D eigenvalue weighted by atomic mass is 9.95. The molecule has 28 heavy (non-hydrogen) atoms. The Bertz CT molecular complexity index is 950. The highest BCUT2D eigenvalue weighted by Crippen LogP contribution is 2.40. The Morgan fingerprint density at radius 2 is 2.07 bits per heavy atom. The van der Waals surface area contributed by atoms with E-state index in [9.17, 15) is 19.8 Å². The van der Waals surface area contributed by atoms with Crippen LogP contribution in [0, 0.1) is 13.8 Å². The third-order valence-corrected chi connectivity index (χ3v) is 5.66. The van der Waals surface area contributed by atoms with Crippen LogP contribution in [0.15, 0.2) is 35.6 Å². The van der Waals surface area contributed by atoms with Gasteiger partial charge in [-0.05, 0) is 38.0 Å². The molecule has 0 radical (unpaired) electrons. The summed E-state index contributed by atoms with van der Waals surface area (Å²) in [5.41, 5.74) is 1.13. The number of phenols is 1. The van der Waals surface area contributed by atoms with Crippen LogP contribution in [0.5, 0.6) is 5.75 Å². The highest BCUT2D eigenvalue weighted by atomic mass is 32.1. The number of thiazole rings is 1. The quantitative estimate of drug-likeness (QED) is 0.545. The number of amides is 1. The largest absolute Gasteiger partial charge is 0.508 e. The summed E-state index contributed by atoms with van der Waals surface area (Å²) in [6, 6.07) is 5.58. The minimum Gasteiger partial charge on any atom is -0.508 e. The van der Waals surface area contributed by atoms with Crippen molar-refractivity contribution in [1.82, 2.24) is 9.88 Å². The van der Waals surface area contributed by atoms with E-state index in [1.165, 1.54) is 28.4 Å². The molecule has 1 amide bonds. The molecular formula is C20H22N2O5S. The van der Waals surface area contributed by atoms with Gasteiger partial charge in [-0.1, -0.05) is 12.1 Å².